The molecule has 0 atom stereocenters. The number of hydrogen-bond acceptors (Lipinski definition) is 4. The Morgan fingerprint density at radius 3 is 2.57 bits per heavy atom. The van der Waals surface area contributed by atoms with E-state index < -0.39 is 0 Å². The van der Waals surface area contributed by atoms with Gasteiger partial charge >= 0.3 is 0 Å². The summed E-state index contributed by atoms with van der Waals surface area (Å²) in [6.07, 6.45) is 2.04. The predicted molar refractivity (Wildman–Crippen MR) is 123 cm³/mol. The molecule has 156 valence electrons. The average molecular weight is 422 g/mol. The van der Waals surface area contributed by atoms with Crippen molar-refractivity contribution in [2.45, 2.75) is 46.6 Å². The van der Waals surface area contributed by atoms with Crippen LogP contribution in [0.5, 0.6) is 5.75 Å². The Morgan fingerprint density at radius 2 is 1.87 bits per heavy atom. The molecule has 1 aliphatic heterocycles. The van der Waals surface area contributed by atoms with E-state index in [1.165, 1.54) is 11.1 Å². The van der Waals surface area contributed by atoms with Crippen molar-refractivity contribution >= 4 is 28.6 Å². The molecule has 3 aromatic rings. The maximum atomic E-state index is 11.7. The zero-order chi connectivity index (χ0) is 21.3. The molecule has 0 aliphatic carbocycles. The van der Waals surface area contributed by atoms with Crippen LogP contribution in [-0.4, -0.2) is 17.1 Å². The van der Waals surface area contributed by atoms with E-state index in [9.17, 15) is 4.79 Å². The van der Waals surface area contributed by atoms with Gasteiger partial charge in [-0.25, -0.2) is 4.99 Å². The SMILES string of the molecule is CCC(CC)n1c(-c2ccc3c(c2)NC(=O)CO3)csc1=Nc1cc(C)cc(C)c1. The number of ether oxygens (including phenoxy) is 1. The van der Waals surface area contributed by atoms with Crippen LogP contribution in [0.25, 0.3) is 11.3 Å². The minimum absolute atomic E-state index is 0.0669. The average Bonchev–Trinajstić information content (AvgIpc) is 3.11. The van der Waals surface area contributed by atoms with Gasteiger partial charge in [0.2, 0.25) is 0 Å². The first-order valence-electron chi connectivity index (χ1n) is 10.4. The molecule has 0 unspecified atom stereocenters. The lowest BCUT2D eigenvalue weighted by Gasteiger charge is -2.21. The first-order valence-corrected chi connectivity index (χ1v) is 11.3. The molecule has 2 aromatic carbocycles. The summed E-state index contributed by atoms with van der Waals surface area (Å²) in [5.41, 5.74) is 6.28. The van der Waals surface area contributed by atoms with Crippen molar-refractivity contribution < 1.29 is 9.53 Å². The molecule has 4 rings (SSSR count). The van der Waals surface area contributed by atoms with Gasteiger partial charge in [0.05, 0.1) is 17.1 Å². The Morgan fingerprint density at radius 1 is 1.13 bits per heavy atom. The Bertz CT molecular complexity index is 1140. The second-order valence-electron chi connectivity index (χ2n) is 7.75. The summed E-state index contributed by atoms with van der Waals surface area (Å²) in [4.78, 5) is 17.7. The fraction of sp³-hybridized carbons (Fsp3) is 0.333. The highest BCUT2D eigenvalue weighted by molar-refractivity contribution is 7.07. The summed E-state index contributed by atoms with van der Waals surface area (Å²) in [6, 6.07) is 12.7. The third-order valence-corrected chi connectivity index (χ3v) is 6.23. The normalized spacial score (nSPS) is 13.9. The molecule has 0 saturated carbocycles. The summed E-state index contributed by atoms with van der Waals surface area (Å²) >= 11 is 1.65. The molecular formula is C24H27N3O2S. The topological polar surface area (TPSA) is 55.6 Å². The van der Waals surface area contributed by atoms with Crippen molar-refractivity contribution in [3.8, 4) is 17.0 Å². The van der Waals surface area contributed by atoms with E-state index in [1.54, 1.807) is 11.3 Å². The molecule has 0 spiro atoms. The molecule has 1 aliphatic rings. The second-order valence-corrected chi connectivity index (χ2v) is 8.59. The number of carbonyl (C=O) groups excluding carboxylic acids is 1. The monoisotopic (exact) mass is 421 g/mol. The fourth-order valence-electron chi connectivity index (χ4n) is 3.99. The highest BCUT2D eigenvalue weighted by Crippen LogP contribution is 2.34. The molecule has 0 radical (unpaired) electrons. The summed E-state index contributed by atoms with van der Waals surface area (Å²) in [5, 5.41) is 5.07. The van der Waals surface area contributed by atoms with Gasteiger partial charge in [0, 0.05) is 17.0 Å². The van der Waals surface area contributed by atoms with Gasteiger partial charge in [0.1, 0.15) is 5.75 Å². The van der Waals surface area contributed by atoms with E-state index in [0.717, 1.165) is 40.3 Å². The van der Waals surface area contributed by atoms with Gasteiger partial charge in [-0.2, -0.15) is 0 Å². The third kappa shape index (κ3) is 4.05. The van der Waals surface area contributed by atoms with Gasteiger partial charge in [0.15, 0.2) is 11.4 Å². The van der Waals surface area contributed by atoms with Crippen molar-refractivity contribution in [2.75, 3.05) is 11.9 Å². The minimum Gasteiger partial charge on any atom is -0.482 e. The Labute approximate surface area is 181 Å². The maximum Gasteiger partial charge on any atom is 0.262 e. The Balaban J connectivity index is 1.86. The van der Waals surface area contributed by atoms with Crippen molar-refractivity contribution in [3.63, 3.8) is 0 Å². The van der Waals surface area contributed by atoms with Crippen LogP contribution < -0.4 is 14.9 Å². The van der Waals surface area contributed by atoms with E-state index in [2.05, 4.69) is 67.2 Å². The first kappa shape index (κ1) is 20.4. The number of benzene rings is 2. The van der Waals surface area contributed by atoms with Crippen LogP contribution in [0.4, 0.5) is 11.4 Å². The lowest BCUT2D eigenvalue weighted by molar-refractivity contribution is -0.118. The molecule has 1 N–H and O–H groups in total. The number of thiazole rings is 1. The van der Waals surface area contributed by atoms with E-state index in [0.29, 0.717) is 11.8 Å². The number of carbonyl (C=O) groups is 1. The zero-order valence-electron chi connectivity index (χ0n) is 17.9. The molecule has 1 amide bonds. The number of anilines is 1. The number of nitrogens with zero attached hydrogens (tertiary/aromatic N) is 2. The van der Waals surface area contributed by atoms with E-state index in [1.807, 2.05) is 12.1 Å². The smallest absolute Gasteiger partial charge is 0.262 e. The number of aromatic nitrogens is 1. The summed E-state index contributed by atoms with van der Waals surface area (Å²) in [5.74, 6) is 0.589. The zero-order valence-corrected chi connectivity index (χ0v) is 18.7. The van der Waals surface area contributed by atoms with Gasteiger partial charge in [-0.1, -0.05) is 19.9 Å². The third-order valence-electron chi connectivity index (χ3n) is 5.39. The second kappa shape index (κ2) is 8.48. The highest BCUT2D eigenvalue weighted by Gasteiger charge is 2.19. The number of rotatable bonds is 5. The molecule has 2 heterocycles. The molecule has 0 saturated heterocycles. The van der Waals surface area contributed by atoms with Crippen molar-refractivity contribution in [1.29, 1.82) is 0 Å². The molecule has 0 bridgehead atoms. The van der Waals surface area contributed by atoms with Crippen LogP contribution in [0, 0.1) is 13.8 Å². The predicted octanol–water partition coefficient (Wildman–Crippen LogP) is 5.76. The van der Waals surface area contributed by atoms with Crippen molar-refractivity contribution in [3.05, 3.63) is 57.7 Å². The van der Waals surface area contributed by atoms with Crippen LogP contribution in [0.3, 0.4) is 0 Å². The minimum atomic E-state index is -0.122. The number of fused-ring (bicyclic) bond motifs is 1. The Hall–Kier alpha value is -2.86. The van der Waals surface area contributed by atoms with E-state index >= 15 is 0 Å². The molecule has 6 heteroatoms. The molecule has 1 aromatic heterocycles. The van der Waals surface area contributed by atoms with Crippen LogP contribution in [0.15, 0.2) is 46.8 Å². The fourth-order valence-corrected chi connectivity index (χ4v) is 4.97. The quantitative estimate of drug-likeness (QED) is 0.570. The molecular weight excluding hydrogens is 394 g/mol. The highest BCUT2D eigenvalue weighted by atomic mass is 32.1. The molecule has 5 nitrogen and oxygen atoms in total. The summed E-state index contributed by atoms with van der Waals surface area (Å²) in [6.45, 7) is 8.69. The maximum absolute atomic E-state index is 11.7. The summed E-state index contributed by atoms with van der Waals surface area (Å²) in [7, 11) is 0. The number of amides is 1. The lowest BCUT2D eigenvalue weighted by Crippen LogP contribution is -2.25. The van der Waals surface area contributed by atoms with Crippen molar-refractivity contribution in [2.24, 2.45) is 4.99 Å². The van der Waals surface area contributed by atoms with Crippen LogP contribution in [-0.2, 0) is 4.79 Å². The molecule has 0 fully saturated rings. The lowest BCUT2D eigenvalue weighted by atomic mass is 10.1. The largest absolute Gasteiger partial charge is 0.482 e. The number of hydrogen-bond donors (Lipinski definition) is 1. The standard InChI is InChI=1S/C24H27N3O2S/c1-5-19(6-2)27-21(17-7-8-22-20(12-17)26-23(28)13-29-22)14-30-24(27)25-18-10-15(3)9-16(4)11-18/h7-12,14,19H,5-6,13H2,1-4H3,(H,26,28). The van der Waals surface area contributed by atoms with Crippen molar-refractivity contribution in [1.82, 2.24) is 4.57 Å². The van der Waals surface area contributed by atoms with Crippen LogP contribution in [0.1, 0.15) is 43.9 Å². The molecule has 30 heavy (non-hydrogen) atoms. The van der Waals surface area contributed by atoms with Gasteiger partial charge < -0.3 is 14.6 Å². The first-order chi connectivity index (χ1) is 14.5. The number of aryl methyl sites for hydroxylation is 2. The van der Waals surface area contributed by atoms with Gasteiger partial charge in [-0.15, -0.1) is 11.3 Å². The van der Waals surface area contributed by atoms with E-state index in [4.69, 9.17) is 9.73 Å². The van der Waals surface area contributed by atoms with Crippen LogP contribution >= 0.6 is 11.3 Å². The van der Waals surface area contributed by atoms with Gasteiger partial charge in [-0.05, 0) is 68.1 Å². The van der Waals surface area contributed by atoms with Crippen LogP contribution in [0.2, 0.25) is 0 Å². The van der Waals surface area contributed by atoms with Gasteiger partial charge in [-0.3, -0.25) is 4.79 Å². The number of nitrogens with one attached hydrogen (secondary N) is 1. The Kier molecular flexibility index (Phi) is 5.77. The van der Waals surface area contributed by atoms with E-state index in [-0.39, 0.29) is 12.5 Å². The summed E-state index contributed by atoms with van der Waals surface area (Å²) < 4.78 is 7.86. The van der Waals surface area contributed by atoms with Gasteiger partial charge in [0.25, 0.3) is 5.91 Å².